The van der Waals surface area contributed by atoms with Gasteiger partial charge in [0.1, 0.15) is 11.9 Å². The van der Waals surface area contributed by atoms with Crippen LogP contribution in [-0.4, -0.2) is 58.6 Å². The number of carbonyl (C=O) groups is 2. The van der Waals surface area contributed by atoms with E-state index in [1.165, 1.54) is 0 Å². The van der Waals surface area contributed by atoms with Gasteiger partial charge < -0.3 is 24.1 Å². The van der Waals surface area contributed by atoms with Crippen LogP contribution < -0.4 is 15.4 Å². The topological polar surface area (TPSA) is 89.1 Å². The molecule has 3 aromatic carbocycles. The minimum atomic E-state index is -1.94. The van der Waals surface area contributed by atoms with Crippen molar-refractivity contribution in [3.63, 3.8) is 0 Å². The third-order valence-electron chi connectivity index (χ3n) is 9.25. The number of nitrogens with zero attached hydrogens (tertiary/aromatic N) is 1. The summed E-state index contributed by atoms with van der Waals surface area (Å²) >= 11 is 3.63. The van der Waals surface area contributed by atoms with Crippen molar-refractivity contribution < 1.29 is 23.5 Å². The van der Waals surface area contributed by atoms with E-state index in [9.17, 15) is 9.59 Å². The molecule has 47 heavy (non-hydrogen) atoms. The molecule has 1 aliphatic rings. The third kappa shape index (κ3) is 10.4. The van der Waals surface area contributed by atoms with E-state index in [1.807, 2.05) is 54.6 Å². The van der Waals surface area contributed by atoms with Crippen LogP contribution in [-0.2, 0) is 27.0 Å². The largest absolute Gasteiger partial charge is 0.496 e. The molecule has 1 aliphatic heterocycles. The zero-order valence-corrected chi connectivity index (χ0v) is 31.5. The summed E-state index contributed by atoms with van der Waals surface area (Å²) < 4.78 is 18.6. The molecule has 1 heterocycles. The van der Waals surface area contributed by atoms with Gasteiger partial charge in [0.25, 0.3) is 0 Å². The van der Waals surface area contributed by atoms with Crippen LogP contribution in [0.4, 0.5) is 16.2 Å². The first-order valence-electron chi connectivity index (χ1n) is 16.4. The van der Waals surface area contributed by atoms with Gasteiger partial charge in [-0.2, -0.15) is 0 Å². The molecule has 3 aromatic rings. The second kappa shape index (κ2) is 16.3. The van der Waals surface area contributed by atoms with Crippen molar-refractivity contribution in [2.75, 3.05) is 37.9 Å². The lowest BCUT2D eigenvalue weighted by atomic mass is 9.99. The van der Waals surface area contributed by atoms with E-state index in [-0.39, 0.29) is 17.0 Å². The van der Waals surface area contributed by atoms with Crippen molar-refractivity contribution in [2.24, 2.45) is 0 Å². The van der Waals surface area contributed by atoms with Crippen molar-refractivity contribution >= 4 is 47.6 Å². The fourth-order valence-electron chi connectivity index (χ4n) is 5.25. The molecule has 0 spiro atoms. The van der Waals surface area contributed by atoms with Gasteiger partial charge in [0.05, 0.1) is 25.1 Å². The van der Waals surface area contributed by atoms with Crippen LogP contribution in [0.5, 0.6) is 5.75 Å². The van der Waals surface area contributed by atoms with Crippen molar-refractivity contribution in [2.45, 2.75) is 83.7 Å². The van der Waals surface area contributed by atoms with Crippen LogP contribution in [0, 0.1) is 0 Å². The molecule has 4 rings (SSSR count). The maximum Gasteiger partial charge on any atom is 0.411 e. The first-order chi connectivity index (χ1) is 22.3. The number of benzene rings is 3. The highest BCUT2D eigenvalue weighted by Gasteiger charge is 2.37. The molecular weight excluding hydrogens is 674 g/mol. The standard InChI is InChI=1S/C37H50BrN3O5Si/c1-37(2,3)47(6,7)45-25-28-23-31(38)33(24-34(28)44-5)39-35(42)15-11-12-26-16-17-30(27-13-9-8-10-14-27)32(22-26)40-36(43)46-29-18-20-41(4)21-19-29/h8-10,13-14,16-17,22-24,29H,11-12,15,18-21,25H2,1-7H3,(H,39,42)(H,40,43). The Kier molecular flexibility index (Phi) is 12.7. The predicted molar refractivity (Wildman–Crippen MR) is 197 cm³/mol. The van der Waals surface area contributed by atoms with Crippen molar-refractivity contribution in [1.29, 1.82) is 0 Å². The number of hydrogen-bond donors (Lipinski definition) is 2. The van der Waals surface area contributed by atoms with E-state index in [0.29, 0.717) is 43.0 Å². The minimum Gasteiger partial charge on any atom is -0.496 e. The Morgan fingerprint density at radius 1 is 0.979 bits per heavy atom. The molecule has 0 radical (unpaired) electrons. The molecule has 1 saturated heterocycles. The summed E-state index contributed by atoms with van der Waals surface area (Å²) in [6.45, 7) is 13.4. The summed E-state index contributed by atoms with van der Waals surface area (Å²) in [5.74, 6) is 0.592. The van der Waals surface area contributed by atoms with Gasteiger partial charge in [-0.1, -0.05) is 63.2 Å². The fourth-order valence-corrected chi connectivity index (χ4v) is 6.69. The van der Waals surface area contributed by atoms with Gasteiger partial charge in [-0.25, -0.2) is 4.79 Å². The van der Waals surface area contributed by atoms with E-state index in [2.05, 4.69) is 78.4 Å². The Morgan fingerprint density at radius 2 is 1.68 bits per heavy atom. The first-order valence-corrected chi connectivity index (χ1v) is 20.1. The molecule has 1 fully saturated rings. The number of rotatable bonds is 12. The second-order valence-electron chi connectivity index (χ2n) is 13.9. The van der Waals surface area contributed by atoms with Crippen LogP contribution in [0.15, 0.2) is 65.1 Å². The van der Waals surface area contributed by atoms with E-state index >= 15 is 0 Å². The van der Waals surface area contributed by atoms with Crippen LogP contribution >= 0.6 is 15.9 Å². The summed E-state index contributed by atoms with van der Waals surface area (Å²) in [6.07, 6.45) is 2.80. The lowest BCUT2D eigenvalue weighted by Crippen LogP contribution is -2.40. The SMILES string of the molecule is COc1cc(NC(=O)CCCc2ccc(-c3ccccc3)c(NC(=O)OC3CCN(C)CC3)c2)c(Br)cc1CO[Si](C)(C)C(C)(C)C. The maximum atomic E-state index is 13.0. The average Bonchev–Trinajstić information content (AvgIpc) is 3.02. The molecule has 0 aliphatic carbocycles. The summed E-state index contributed by atoms with van der Waals surface area (Å²) in [6, 6.07) is 19.8. The normalized spacial score (nSPS) is 14.5. The van der Waals surface area contributed by atoms with Gasteiger partial charge in [0.2, 0.25) is 5.91 Å². The molecular formula is C37H50BrN3O5Si. The molecule has 0 unspecified atom stereocenters. The Bertz CT molecular complexity index is 1520. The van der Waals surface area contributed by atoms with Crippen molar-refractivity contribution in [3.8, 4) is 16.9 Å². The highest BCUT2D eigenvalue weighted by Crippen LogP contribution is 2.39. The Morgan fingerprint density at radius 3 is 2.34 bits per heavy atom. The molecule has 0 atom stereocenters. The number of carbonyl (C=O) groups excluding carboxylic acids is 2. The molecule has 8 nitrogen and oxygen atoms in total. The number of halogens is 1. The lowest BCUT2D eigenvalue weighted by Gasteiger charge is -2.36. The molecule has 0 bridgehead atoms. The Labute approximate surface area is 289 Å². The number of aryl methyl sites for hydroxylation is 1. The minimum absolute atomic E-state index is 0.0834. The van der Waals surface area contributed by atoms with Crippen molar-refractivity contribution in [3.05, 3.63) is 76.3 Å². The highest BCUT2D eigenvalue weighted by atomic mass is 79.9. The van der Waals surface area contributed by atoms with Gasteiger partial charge in [-0.3, -0.25) is 10.1 Å². The van der Waals surface area contributed by atoms with Crippen LogP contribution in [0.1, 0.15) is 57.6 Å². The third-order valence-corrected chi connectivity index (χ3v) is 14.4. The Balaban J connectivity index is 1.37. The molecule has 0 aromatic heterocycles. The highest BCUT2D eigenvalue weighted by molar-refractivity contribution is 9.10. The summed E-state index contributed by atoms with van der Waals surface area (Å²) in [5.41, 5.74) is 5.24. The summed E-state index contributed by atoms with van der Waals surface area (Å²) in [5, 5.41) is 6.14. The van der Waals surface area contributed by atoms with Gasteiger partial charge in [0, 0.05) is 41.2 Å². The van der Waals surface area contributed by atoms with Gasteiger partial charge in [-0.05, 0) is 90.1 Å². The molecule has 2 amide bonds. The number of methoxy groups -OCH3 is 1. The number of piperidine rings is 1. The van der Waals surface area contributed by atoms with Crippen molar-refractivity contribution in [1.82, 2.24) is 4.90 Å². The number of amides is 2. The summed E-state index contributed by atoms with van der Waals surface area (Å²) in [4.78, 5) is 28.2. The van der Waals surface area contributed by atoms with E-state index < -0.39 is 14.4 Å². The van der Waals surface area contributed by atoms with Crippen LogP contribution in [0.3, 0.4) is 0 Å². The zero-order chi connectivity index (χ0) is 34.2. The van der Waals surface area contributed by atoms with E-state index in [1.54, 1.807) is 7.11 Å². The molecule has 0 saturated carbocycles. The number of ether oxygens (including phenoxy) is 2. The monoisotopic (exact) mass is 723 g/mol. The lowest BCUT2D eigenvalue weighted by molar-refractivity contribution is -0.116. The number of anilines is 2. The molecule has 2 N–H and O–H groups in total. The quantitative estimate of drug-likeness (QED) is 0.181. The number of likely N-dealkylation sites (tertiary alicyclic amines) is 1. The number of hydrogen-bond acceptors (Lipinski definition) is 6. The molecule has 10 heteroatoms. The second-order valence-corrected chi connectivity index (χ2v) is 19.5. The zero-order valence-electron chi connectivity index (χ0n) is 28.9. The summed E-state index contributed by atoms with van der Waals surface area (Å²) in [7, 11) is 1.78. The van der Waals surface area contributed by atoms with E-state index in [4.69, 9.17) is 13.9 Å². The van der Waals surface area contributed by atoms with Gasteiger partial charge in [0.15, 0.2) is 8.32 Å². The van der Waals surface area contributed by atoms with Gasteiger partial charge >= 0.3 is 6.09 Å². The number of nitrogens with one attached hydrogen (secondary N) is 2. The molecule has 254 valence electrons. The van der Waals surface area contributed by atoms with Crippen LogP contribution in [0.25, 0.3) is 11.1 Å². The smallest absolute Gasteiger partial charge is 0.411 e. The first kappa shape index (κ1) is 36.6. The maximum absolute atomic E-state index is 13.0. The van der Waals surface area contributed by atoms with E-state index in [0.717, 1.165) is 52.7 Å². The van der Waals surface area contributed by atoms with Gasteiger partial charge in [-0.15, -0.1) is 0 Å². The van der Waals surface area contributed by atoms with Crippen LogP contribution in [0.2, 0.25) is 18.1 Å². The fraction of sp³-hybridized carbons (Fsp3) is 0.459. The Hall–Kier alpha value is -3.18. The predicted octanol–water partition coefficient (Wildman–Crippen LogP) is 9.25. The average molecular weight is 725 g/mol.